The molecule has 13 heteroatoms. The third-order valence-corrected chi connectivity index (χ3v) is 12.5. The van der Waals surface area contributed by atoms with Crippen LogP contribution >= 0.6 is 13.5 Å². The Hall–Kier alpha value is -4.30. The molecule has 12 nitrogen and oxygen atoms in total. The predicted molar refractivity (Wildman–Crippen MR) is 305 cm³/mol. The van der Waals surface area contributed by atoms with Gasteiger partial charge in [-0.3, -0.25) is 0 Å². The molecular weight excluding hydrogens is 951 g/mol. The van der Waals surface area contributed by atoms with Crippen LogP contribution in [-0.4, -0.2) is 109 Å². The summed E-state index contributed by atoms with van der Waals surface area (Å²) < 4.78 is 33.7. The van der Waals surface area contributed by atoms with Crippen LogP contribution in [0.15, 0.2) is 91.0 Å². The van der Waals surface area contributed by atoms with Crippen LogP contribution in [0, 0.1) is 17.8 Å². The van der Waals surface area contributed by atoms with Crippen LogP contribution in [0.1, 0.15) is 163 Å². The molecule has 3 aliphatic rings. The quantitative estimate of drug-likeness (QED) is 0.0907. The summed E-state index contributed by atoms with van der Waals surface area (Å²) in [5, 5.41) is 0. The maximum Gasteiger partial charge on any atom is 0.410 e. The molecule has 3 saturated heterocycles. The number of hydrogen-bond donors (Lipinski definition) is 0. The van der Waals surface area contributed by atoms with Crippen LogP contribution < -0.4 is 0 Å². The fourth-order valence-electron chi connectivity index (χ4n) is 9.09. The lowest BCUT2D eigenvalue weighted by Gasteiger charge is -2.34. The standard InChI is InChI=1S/3C20H31NO3.CH4.H2S/c3*1-20(2,3)24-19(22)21-13-7-11-17(15-21)12-8-14-23-16-18-9-5-4-6-10-18;;/h3*4-6,9-10,17H,7-8,11-16H2,1-3H3;1H4;1H2/t2*17-;;;/m10.../s1. The zero-order chi connectivity index (χ0) is 52.2. The molecule has 3 fully saturated rings. The molecular formula is C61H99N3O9S. The second kappa shape index (κ2) is 35.1. The number of amides is 3. The molecule has 0 spiro atoms. The Bertz CT molecular complexity index is 1720. The molecule has 0 N–H and O–H groups in total. The normalized spacial score (nSPS) is 18.0. The Kier molecular flexibility index (Phi) is 31.2. The van der Waals surface area contributed by atoms with Gasteiger partial charge in [-0.05, 0) is 174 Å². The van der Waals surface area contributed by atoms with Crippen molar-refractivity contribution in [2.24, 2.45) is 17.8 Å². The minimum atomic E-state index is -0.421. The highest BCUT2D eigenvalue weighted by Crippen LogP contribution is 2.26. The largest absolute Gasteiger partial charge is 0.444 e. The molecule has 1 unspecified atom stereocenters. The summed E-state index contributed by atoms with van der Waals surface area (Å²) in [7, 11) is 0. The zero-order valence-electron chi connectivity index (χ0n) is 46.4. The molecule has 3 heterocycles. The smallest absolute Gasteiger partial charge is 0.410 e. The van der Waals surface area contributed by atoms with Gasteiger partial charge in [0, 0.05) is 59.1 Å². The summed E-state index contributed by atoms with van der Waals surface area (Å²) in [5.74, 6) is 1.68. The highest BCUT2D eigenvalue weighted by atomic mass is 32.1. The Labute approximate surface area is 455 Å². The number of hydrogen-bond acceptors (Lipinski definition) is 9. The predicted octanol–water partition coefficient (Wildman–Crippen LogP) is 14.6. The van der Waals surface area contributed by atoms with Gasteiger partial charge in [0.2, 0.25) is 0 Å². The fourth-order valence-corrected chi connectivity index (χ4v) is 9.09. The van der Waals surface area contributed by atoms with Crippen LogP contribution in [0.25, 0.3) is 0 Å². The van der Waals surface area contributed by atoms with Gasteiger partial charge in [-0.2, -0.15) is 13.5 Å². The summed E-state index contributed by atoms with van der Waals surface area (Å²) in [6.07, 6.45) is 12.7. The molecule has 418 valence electrons. The third kappa shape index (κ3) is 29.7. The third-order valence-electron chi connectivity index (χ3n) is 12.5. The van der Waals surface area contributed by atoms with Crippen molar-refractivity contribution < 1.29 is 42.8 Å². The maximum absolute atomic E-state index is 12.2. The highest BCUT2D eigenvalue weighted by Gasteiger charge is 2.30. The second-order valence-electron chi connectivity index (χ2n) is 22.8. The van der Waals surface area contributed by atoms with Crippen LogP contribution in [0.2, 0.25) is 0 Å². The maximum atomic E-state index is 12.2. The number of nitrogens with zero attached hydrogens (tertiary/aromatic N) is 3. The Balaban J connectivity index is 0.000000375. The van der Waals surface area contributed by atoms with Gasteiger partial charge in [-0.1, -0.05) is 98.4 Å². The molecule has 3 aromatic carbocycles. The minimum Gasteiger partial charge on any atom is -0.444 e. The number of benzene rings is 3. The number of ether oxygens (including phenoxy) is 6. The molecule has 3 atom stereocenters. The number of piperidine rings is 3. The lowest BCUT2D eigenvalue weighted by Crippen LogP contribution is -2.42. The van der Waals surface area contributed by atoms with E-state index in [2.05, 4.69) is 36.4 Å². The second-order valence-corrected chi connectivity index (χ2v) is 22.8. The molecule has 3 amide bonds. The first-order valence-electron chi connectivity index (χ1n) is 27.1. The minimum absolute atomic E-state index is 0. The van der Waals surface area contributed by atoms with Gasteiger partial charge in [0.15, 0.2) is 0 Å². The molecule has 74 heavy (non-hydrogen) atoms. The Morgan fingerprint density at radius 1 is 0.432 bits per heavy atom. The molecule has 0 aliphatic carbocycles. The van der Waals surface area contributed by atoms with E-state index in [-0.39, 0.29) is 39.2 Å². The summed E-state index contributed by atoms with van der Waals surface area (Å²) in [4.78, 5) is 42.1. The lowest BCUT2D eigenvalue weighted by atomic mass is 9.94. The Morgan fingerprint density at radius 3 is 0.905 bits per heavy atom. The van der Waals surface area contributed by atoms with Crippen molar-refractivity contribution in [1.82, 2.24) is 14.7 Å². The summed E-state index contributed by atoms with van der Waals surface area (Å²) in [6, 6.07) is 30.8. The van der Waals surface area contributed by atoms with Gasteiger partial charge in [0.25, 0.3) is 0 Å². The van der Waals surface area contributed by atoms with Gasteiger partial charge in [-0.25, -0.2) is 14.4 Å². The highest BCUT2D eigenvalue weighted by molar-refractivity contribution is 7.59. The average molecular weight is 1050 g/mol. The van der Waals surface area contributed by atoms with Crippen molar-refractivity contribution >= 4 is 31.8 Å². The van der Waals surface area contributed by atoms with Gasteiger partial charge < -0.3 is 43.1 Å². The Morgan fingerprint density at radius 2 is 0.676 bits per heavy atom. The number of likely N-dealkylation sites (tertiary alicyclic amines) is 3. The number of carbonyl (C=O) groups excluding carboxylic acids is 3. The van der Waals surface area contributed by atoms with E-state index in [0.29, 0.717) is 37.6 Å². The van der Waals surface area contributed by atoms with E-state index in [9.17, 15) is 14.4 Å². The van der Waals surface area contributed by atoms with Gasteiger partial charge >= 0.3 is 18.3 Å². The van der Waals surface area contributed by atoms with Crippen molar-refractivity contribution in [3.05, 3.63) is 108 Å². The SMILES string of the molecule is C.CC(C)(C)OC(=O)N1CCCC(CCCOCc2ccccc2)C1.CC(C)(C)OC(=O)N1CCC[C@@H](CCCOCc2ccccc2)C1.CC(C)(C)OC(=O)N1CCC[C@H](CCCOCc2ccccc2)C1.S. The van der Waals surface area contributed by atoms with Crippen LogP contribution in [0.4, 0.5) is 14.4 Å². The van der Waals surface area contributed by atoms with Gasteiger partial charge in [0.05, 0.1) is 19.8 Å². The van der Waals surface area contributed by atoms with E-state index < -0.39 is 16.8 Å². The van der Waals surface area contributed by atoms with Crippen molar-refractivity contribution in [2.45, 2.75) is 183 Å². The monoisotopic (exact) mass is 1050 g/mol. The molecule has 0 aromatic heterocycles. The lowest BCUT2D eigenvalue weighted by molar-refractivity contribution is 0.0145. The molecule has 3 aromatic rings. The molecule has 3 aliphatic heterocycles. The van der Waals surface area contributed by atoms with Crippen LogP contribution in [-0.2, 0) is 48.2 Å². The molecule has 0 radical (unpaired) electrons. The van der Waals surface area contributed by atoms with Crippen molar-refractivity contribution in [3.8, 4) is 0 Å². The van der Waals surface area contributed by atoms with Gasteiger partial charge in [-0.15, -0.1) is 0 Å². The van der Waals surface area contributed by atoms with E-state index in [1.54, 1.807) is 0 Å². The first-order chi connectivity index (χ1) is 34.3. The van der Waals surface area contributed by atoms with E-state index in [1.807, 2.05) is 132 Å². The first kappa shape index (κ1) is 65.8. The summed E-state index contributed by atoms with van der Waals surface area (Å²) >= 11 is 0. The van der Waals surface area contributed by atoms with E-state index >= 15 is 0 Å². The number of rotatable bonds is 18. The topological polar surface area (TPSA) is 116 Å². The van der Waals surface area contributed by atoms with E-state index in [4.69, 9.17) is 28.4 Å². The molecule has 0 bridgehead atoms. The summed E-state index contributed by atoms with van der Waals surface area (Å²) in [5.41, 5.74) is 2.38. The number of carbonyl (C=O) groups is 3. The van der Waals surface area contributed by atoms with Crippen molar-refractivity contribution in [3.63, 3.8) is 0 Å². The van der Waals surface area contributed by atoms with Crippen LogP contribution in [0.5, 0.6) is 0 Å². The van der Waals surface area contributed by atoms with Gasteiger partial charge in [0.1, 0.15) is 16.8 Å². The van der Waals surface area contributed by atoms with Crippen LogP contribution in [0.3, 0.4) is 0 Å². The molecule has 6 rings (SSSR count). The summed E-state index contributed by atoms with van der Waals surface area (Å²) in [6.45, 7) is 26.5. The van der Waals surface area contributed by atoms with E-state index in [0.717, 1.165) is 117 Å². The zero-order valence-corrected chi connectivity index (χ0v) is 47.4. The molecule has 0 saturated carbocycles. The van der Waals surface area contributed by atoms with E-state index in [1.165, 1.54) is 36.0 Å². The first-order valence-corrected chi connectivity index (χ1v) is 27.1. The fraction of sp³-hybridized carbons (Fsp3) is 0.656. The van der Waals surface area contributed by atoms with Crippen molar-refractivity contribution in [2.75, 3.05) is 59.1 Å². The van der Waals surface area contributed by atoms with Crippen molar-refractivity contribution in [1.29, 1.82) is 0 Å². The average Bonchev–Trinajstić information content (AvgIpc) is 3.34.